The molecule has 4 nitrogen and oxygen atoms in total. The Kier molecular flexibility index (Phi) is 6.33. The third-order valence-electron chi connectivity index (χ3n) is 4.18. The average Bonchev–Trinajstić information content (AvgIpc) is 2.49. The quantitative estimate of drug-likeness (QED) is 0.906. The van der Waals surface area contributed by atoms with Crippen LogP contribution in [0.2, 0.25) is 0 Å². The van der Waals surface area contributed by atoms with Gasteiger partial charge in [0.1, 0.15) is 11.5 Å². The van der Waals surface area contributed by atoms with E-state index in [1.807, 2.05) is 18.2 Å². The van der Waals surface area contributed by atoms with E-state index in [1.54, 1.807) is 14.2 Å². The molecule has 1 fully saturated rings. The summed E-state index contributed by atoms with van der Waals surface area (Å²) in [6.45, 7) is 2.80. The van der Waals surface area contributed by atoms with Crippen LogP contribution in [0.3, 0.4) is 0 Å². The van der Waals surface area contributed by atoms with Crippen LogP contribution in [0.1, 0.15) is 43.8 Å². The van der Waals surface area contributed by atoms with Gasteiger partial charge in [0.05, 0.1) is 20.3 Å². The molecule has 21 heavy (non-hydrogen) atoms. The van der Waals surface area contributed by atoms with Crippen molar-refractivity contribution in [1.82, 2.24) is 4.90 Å². The minimum atomic E-state index is -0.547. The number of ether oxygens (including phenoxy) is 2. The zero-order chi connectivity index (χ0) is 15.1. The van der Waals surface area contributed by atoms with Gasteiger partial charge in [0, 0.05) is 12.1 Å². The molecule has 1 unspecified atom stereocenters. The van der Waals surface area contributed by atoms with Crippen LogP contribution in [-0.2, 0) is 0 Å². The lowest BCUT2D eigenvalue weighted by atomic mass is 10.0. The van der Waals surface area contributed by atoms with Gasteiger partial charge < -0.3 is 19.5 Å². The summed E-state index contributed by atoms with van der Waals surface area (Å²) in [6.07, 6.45) is 5.85. The number of rotatable bonds is 5. The summed E-state index contributed by atoms with van der Waals surface area (Å²) >= 11 is 0. The van der Waals surface area contributed by atoms with Crippen molar-refractivity contribution in [3.05, 3.63) is 23.8 Å². The predicted octanol–water partition coefficient (Wildman–Crippen LogP) is 3.00. The molecule has 1 aliphatic heterocycles. The molecular weight excluding hydrogens is 266 g/mol. The molecule has 1 aromatic rings. The first-order valence-electron chi connectivity index (χ1n) is 7.87. The normalized spacial score (nSPS) is 18.6. The van der Waals surface area contributed by atoms with Crippen molar-refractivity contribution in [2.24, 2.45) is 0 Å². The SMILES string of the molecule is COc1ccc(OC)c(C(O)CN2CCCCCCC2)c1. The molecule has 2 rings (SSSR count). The van der Waals surface area contributed by atoms with E-state index in [9.17, 15) is 5.11 Å². The average molecular weight is 293 g/mol. The standard InChI is InChI=1S/C17H27NO3/c1-20-14-8-9-17(21-2)15(12-14)16(19)13-18-10-6-4-3-5-7-11-18/h8-9,12,16,19H,3-7,10-11,13H2,1-2H3. The van der Waals surface area contributed by atoms with E-state index in [0.29, 0.717) is 6.54 Å². The molecule has 0 bridgehead atoms. The Morgan fingerprint density at radius 3 is 2.33 bits per heavy atom. The summed E-state index contributed by atoms with van der Waals surface area (Å²) < 4.78 is 10.6. The highest BCUT2D eigenvalue weighted by molar-refractivity contribution is 5.41. The summed E-state index contributed by atoms with van der Waals surface area (Å²) in [5, 5.41) is 10.6. The molecule has 1 atom stereocenters. The Hall–Kier alpha value is -1.26. The molecule has 4 heteroatoms. The number of hydrogen-bond acceptors (Lipinski definition) is 4. The van der Waals surface area contributed by atoms with E-state index in [0.717, 1.165) is 30.2 Å². The molecular formula is C17H27NO3. The summed E-state index contributed by atoms with van der Waals surface area (Å²) in [5.41, 5.74) is 0.805. The Bertz CT molecular complexity index is 428. The van der Waals surface area contributed by atoms with Crippen molar-refractivity contribution in [3.63, 3.8) is 0 Å². The molecule has 0 saturated carbocycles. The van der Waals surface area contributed by atoms with Crippen LogP contribution in [0.25, 0.3) is 0 Å². The largest absolute Gasteiger partial charge is 0.497 e. The fourth-order valence-corrected chi connectivity index (χ4v) is 2.94. The first-order chi connectivity index (χ1) is 10.2. The van der Waals surface area contributed by atoms with E-state index >= 15 is 0 Å². The van der Waals surface area contributed by atoms with Crippen molar-refractivity contribution in [2.45, 2.75) is 38.2 Å². The Morgan fingerprint density at radius 2 is 1.71 bits per heavy atom. The molecule has 1 heterocycles. The van der Waals surface area contributed by atoms with Gasteiger partial charge >= 0.3 is 0 Å². The number of hydrogen-bond donors (Lipinski definition) is 1. The second-order valence-corrected chi connectivity index (χ2v) is 5.69. The minimum absolute atomic E-state index is 0.547. The number of nitrogens with zero attached hydrogens (tertiary/aromatic N) is 1. The number of aliphatic hydroxyl groups is 1. The summed E-state index contributed by atoms with van der Waals surface area (Å²) in [6, 6.07) is 5.57. The third kappa shape index (κ3) is 4.61. The first kappa shape index (κ1) is 16.1. The van der Waals surface area contributed by atoms with E-state index < -0.39 is 6.10 Å². The first-order valence-corrected chi connectivity index (χ1v) is 7.87. The van der Waals surface area contributed by atoms with Crippen LogP contribution >= 0.6 is 0 Å². The number of benzene rings is 1. The fraction of sp³-hybridized carbons (Fsp3) is 0.647. The van der Waals surface area contributed by atoms with Crippen molar-refractivity contribution >= 4 is 0 Å². The topological polar surface area (TPSA) is 41.9 Å². The lowest BCUT2D eigenvalue weighted by Crippen LogP contribution is -2.31. The van der Waals surface area contributed by atoms with E-state index in [4.69, 9.17) is 9.47 Å². The maximum absolute atomic E-state index is 10.6. The molecule has 0 aromatic heterocycles. The van der Waals surface area contributed by atoms with E-state index in [-0.39, 0.29) is 0 Å². The van der Waals surface area contributed by atoms with Crippen molar-refractivity contribution < 1.29 is 14.6 Å². The molecule has 1 N–H and O–H groups in total. The van der Waals surface area contributed by atoms with E-state index in [2.05, 4.69) is 4.90 Å². The lowest BCUT2D eigenvalue weighted by molar-refractivity contribution is 0.105. The van der Waals surface area contributed by atoms with Crippen molar-refractivity contribution in [3.8, 4) is 11.5 Å². The molecule has 0 radical (unpaired) electrons. The number of β-amino-alcohol motifs (C(OH)–C–C–N with tert-alkyl or cyclic N) is 1. The Morgan fingerprint density at radius 1 is 1.05 bits per heavy atom. The van der Waals surface area contributed by atoms with Crippen LogP contribution in [0.5, 0.6) is 11.5 Å². The maximum atomic E-state index is 10.6. The highest BCUT2D eigenvalue weighted by Crippen LogP contribution is 2.30. The molecule has 0 aliphatic carbocycles. The molecule has 1 saturated heterocycles. The van der Waals surface area contributed by atoms with Crippen LogP contribution < -0.4 is 9.47 Å². The van der Waals surface area contributed by atoms with Gasteiger partial charge in [-0.1, -0.05) is 19.3 Å². The monoisotopic (exact) mass is 293 g/mol. The second kappa shape index (κ2) is 8.25. The second-order valence-electron chi connectivity index (χ2n) is 5.69. The van der Waals surface area contributed by atoms with Crippen LogP contribution in [0.4, 0.5) is 0 Å². The van der Waals surface area contributed by atoms with Gasteiger partial charge in [-0.25, -0.2) is 0 Å². The maximum Gasteiger partial charge on any atom is 0.124 e. The molecule has 0 amide bonds. The number of aliphatic hydroxyl groups excluding tert-OH is 1. The van der Waals surface area contributed by atoms with Gasteiger partial charge in [-0.2, -0.15) is 0 Å². The fourth-order valence-electron chi connectivity index (χ4n) is 2.94. The zero-order valence-electron chi connectivity index (χ0n) is 13.2. The van der Waals surface area contributed by atoms with Gasteiger partial charge in [-0.15, -0.1) is 0 Å². The van der Waals surface area contributed by atoms with Crippen molar-refractivity contribution in [1.29, 1.82) is 0 Å². The summed E-state index contributed by atoms with van der Waals surface area (Å²) in [5.74, 6) is 1.47. The Balaban J connectivity index is 2.05. The van der Waals surface area contributed by atoms with Gasteiger partial charge in [0.25, 0.3) is 0 Å². The minimum Gasteiger partial charge on any atom is -0.497 e. The molecule has 0 spiro atoms. The number of likely N-dealkylation sites (tertiary alicyclic amines) is 1. The Labute approximate surface area is 127 Å². The number of methoxy groups -OCH3 is 2. The predicted molar refractivity (Wildman–Crippen MR) is 84.0 cm³/mol. The van der Waals surface area contributed by atoms with E-state index in [1.165, 1.54) is 32.1 Å². The summed E-state index contributed by atoms with van der Waals surface area (Å²) in [7, 11) is 3.27. The third-order valence-corrected chi connectivity index (χ3v) is 4.18. The van der Waals surface area contributed by atoms with Crippen LogP contribution in [0.15, 0.2) is 18.2 Å². The van der Waals surface area contributed by atoms with Gasteiger partial charge in [-0.3, -0.25) is 0 Å². The molecule has 1 aromatic carbocycles. The van der Waals surface area contributed by atoms with Crippen LogP contribution in [-0.4, -0.2) is 43.9 Å². The highest BCUT2D eigenvalue weighted by atomic mass is 16.5. The lowest BCUT2D eigenvalue weighted by Gasteiger charge is -2.27. The highest BCUT2D eigenvalue weighted by Gasteiger charge is 2.18. The van der Waals surface area contributed by atoms with Gasteiger partial charge in [0.2, 0.25) is 0 Å². The summed E-state index contributed by atoms with van der Waals surface area (Å²) in [4.78, 5) is 2.36. The van der Waals surface area contributed by atoms with Crippen molar-refractivity contribution in [2.75, 3.05) is 33.9 Å². The molecule has 118 valence electrons. The van der Waals surface area contributed by atoms with Crippen LogP contribution in [0, 0.1) is 0 Å². The molecule has 1 aliphatic rings. The zero-order valence-corrected chi connectivity index (χ0v) is 13.2. The van der Waals surface area contributed by atoms with Gasteiger partial charge in [0.15, 0.2) is 0 Å². The smallest absolute Gasteiger partial charge is 0.124 e. The van der Waals surface area contributed by atoms with Gasteiger partial charge in [-0.05, 0) is 44.1 Å².